The number of nitrogens with zero attached hydrogens (tertiary/aromatic N) is 1. The van der Waals surface area contributed by atoms with Gasteiger partial charge in [0, 0.05) is 24.8 Å². The smallest absolute Gasteiger partial charge is 0.0366 e. The predicted molar refractivity (Wildman–Crippen MR) is 80.4 cm³/mol. The van der Waals surface area contributed by atoms with Crippen LogP contribution in [0.3, 0.4) is 0 Å². The summed E-state index contributed by atoms with van der Waals surface area (Å²) in [7, 11) is 0. The number of anilines is 1. The van der Waals surface area contributed by atoms with Crippen LogP contribution in [0.4, 0.5) is 5.69 Å². The third kappa shape index (κ3) is 2.93. The van der Waals surface area contributed by atoms with Gasteiger partial charge in [-0.05, 0) is 62.4 Å². The van der Waals surface area contributed by atoms with E-state index in [9.17, 15) is 0 Å². The van der Waals surface area contributed by atoms with Crippen molar-refractivity contribution in [2.45, 2.75) is 31.7 Å². The topological polar surface area (TPSA) is 41.3 Å². The molecule has 1 atom stereocenters. The Balaban J connectivity index is 1.67. The highest BCUT2D eigenvalue weighted by Gasteiger charge is 2.21. The van der Waals surface area contributed by atoms with Crippen LogP contribution in [-0.2, 0) is 0 Å². The third-order valence-corrected chi connectivity index (χ3v) is 4.64. The molecule has 2 heterocycles. The minimum atomic E-state index is 0.203. The lowest BCUT2D eigenvalue weighted by Gasteiger charge is -2.28. The Morgan fingerprint density at radius 2 is 1.68 bits per heavy atom. The molecule has 2 fully saturated rings. The minimum absolute atomic E-state index is 0.203. The van der Waals surface area contributed by atoms with Crippen LogP contribution < -0.4 is 16.0 Å². The fourth-order valence-corrected chi connectivity index (χ4v) is 3.36. The zero-order valence-electron chi connectivity index (χ0n) is 11.6. The molecule has 0 amide bonds. The molecular weight excluding hydrogens is 234 g/mol. The lowest BCUT2D eigenvalue weighted by Crippen LogP contribution is -2.33. The van der Waals surface area contributed by atoms with E-state index < -0.39 is 0 Å². The first kappa shape index (κ1) is 12.9. The molecule has 2 saturated heterocycles. The van der Waals surface area contributed by atoms with Gasteiger partial charge in [-0.1, -0.05) is 12.1 Å². The van der Waals surface area contributed by atoms with Crippen LogP contribution in [0.15, 0.2) is 24.3 Å². The van der Waals surface area contributed by atoms with E-state index in [1.54, 1.807) is 0 Å². The maximum atomic E-state index is 6.43. The van der Waals surface area contributed by atoms with E-state index in [0.717, 1.165) is 13.1 Å². The van der Waals surface area contributed by atoms with Gasteiger partial charge in [0.05, 0.1) is 0 Å². The average molecular weight is 259 g/mol. The Kier molecular flexibility index (Phi) is 4.04. The minimum Gasteiger partial charge on any atom is -0.372 e. The van der Waals surface area contributed by atoms with Gasteiger partial charge in [0.15, 0.2) is 0 Å². The molecule has 104 valence electrons. The number of hydrogen-bond acceptors (Lipinski definition) is 3. The van der Waals surface area contributed by atoms with Gasteiger partial charge in [0.2, 0.25) is 0 Å². The Labute approximate surface area is 116 Å². The van der Waals surface area contributed by atoms with Crippen molar-refractivity contribution < 1.29 is 0 Å². The number of benzene rings is 1. The SMILES string of the molecule is N[C@@H](c1ccc(N2CCCC2)cc1)C1CCNCC1. The molecule has 3 heteroatoms. The Morgan fingerprint density at radius 3 is 2.32 bits per heavy atom. The molecule has 0 spiro atoms. The van der Waals surface area contributed by atoms with E-state index in [1.807, 2.05) is 0 Å². The molecule has 1 aromatic rings. The van der Waals surface area contributed by atoms with Crippen LogP contribution in [0.25, 0.3) is 0 Å². The van der Waals surface area contributed by atoms with Gasteiger partial charge in [-0.3, -0.25) is 0 Å². The van der Waals surface area contributed by atoms with Gasteiger partial charge in [-0.15, -0.1) is 0 Å². The van der Waals surface area contributed by atoms with Crippen molar-refractivity contribution in [3.63, 3.8) is 0 Å². The number of nitrogens with two attached hydrogens (primary N) is 1. The summed E-state index contributed by atoms with van der Waals surface area (Å²) in [6.45, 7) is 4.65. The molecule has 0 unspecified atom stereocenters. The fraction of sp³-hybridized carbons (Fsp3) is 0.625. The summed E-state index contributed by atoms with van der Waals surface area (Å²) < 4.78 is 0. The second-order valence-electron chi connectivity index (χ2n) is 5.90. The normalized spacial score (nSPS) is 22.7. The highest BCUT2D eigenvalue weighted by atomic mass is 15.1. The molecule has 19 heavy (non-hydrogen) atoms. The zero-order chi connectivity index (χ0) is 13.1. The van der Waals surface area contributed by atoms with Gasteiger partial charge in [0.1, 0.15) is 0 Å². The van der Waals surface area contributed by atoms with E-state index in [2.05, 4.69) is 34.5 Å². The number of piperidine rings is 1. The molecule has 0 bridgehead atoms. The van der Waals surface area contributed by atoms with Crippen molar-refractivity contribution in [2.75, 3.05) is 31.1 Å². The first-order chi connectivity index (χ1) is 9.34. The molecule has 1 aromatic carbocycles. The summed E-state index contributed by atoms with van der Waals surface area (Å²) in [5.74, 6) is 0.638. The second kappa shape index (κ2) is 5.93. The van der Waals surface area contributed by atoms with Gasteiger partial charge in [-0.2, -0.15) is 0 Å². The monoisotopic (exact) mass is 259 g/mol. The summed E-state index contributed by atoms with van der Waals surface area (Å²) in [4.78, 5) is 2.47. The molecule has 2 aliphatic rings. The maximum absolute atomic E-state index is 6.43. The molecule has 0 aliphatic carbocycles. The van der Waals surface area contributed by atoms with E-state index in [-0.39, 0.29) is 6.04 Å². The third-order valence-electron chi connectivity index (χ3n) is 4.64. The molecule has 0 aromatic heterocycles. The van der Waals surface area contributed by atoms with E-state index in [0.29, 0.717) is 5.92 Å². The molecule has 0 saturated carbocycles. The summed E-state index contributed by atoms with van der Waals surface area (Å²) in [5.41, 5.74) is 9.09. The summed E-state index contributed by atoms with van der Waals surface area (Å²) in [6.07, 6.45) is 5.07. The molecule has 3 rings (SSSR count). The molecular formula is C16H25N3. The first-order valence-corrected chi connectivity index (χ1v) is 7.66. The lowest BCUT2D eigenvalue weighted by molar-refractivity contribution is 0.322. The van der Waals surface area contributed by atoms with Crippen LogP contribution in [-0.4, -0.2) is 26.2 Å². The second-order valence-corrected chi connectivity index (χ2v) is 5.90. The lowest BCUT2D eigenvalue weighted by atomic mass is 9.86. The van der Waals surface area contributed by atoms with Crippen molar-refractivity contribution in [2.24, 2.45) is 11.7 Å². The average Bonchev–Trinajstić information content (AvgIpc) is 3.02. The zero-order valence-corrected chi connectivity index (χ0v) is 11.6. The number of rotatable bonds is 3. The molecule has 0 radical (unpaired) electrons. The van der Waals surface area contributed by atoms with Crippen LogP contribution in [0.1, 0.15) is 37.3 Å². The van der Waals surface area contributed by atoms with Gasteiger partial charge in [-0.25, -0.2) is 0 Å². The first-order valence-electron chi connectivity index (χ1n) is 7.66. The summed E-state index contributed by atoms with van der Waals surface area (Å²) >= 11 is 0. The quantitative estimate of drug-likeness (QED) is 0.875. The Bertz CT molecular complexity index is 389. The largest absolute Gasteiger partial charge is 0.372 e. The van der Waals surface area contributed by atoms with Gasteiger partial charge >= 0.3 is 0 Å². The van der Waals surface area contributed by atoms with Crippen LogP contribution in [0, 0.1) is 5.92 Å². The van der Waals surface area contributed by atoms with Gasteiger partial charge in [0.25, 0.3) is 0 Å². The van der Waals surface area contributed by atoms with E-state index >= 15 is 0 Å². The van der Waals surface area contributed by atoms with Crippen LogP contribution in [0.5, 0.6) is 0 Å². The van der Waals surface area contributed by atoms with Crippen molar-refractivity contribution in [3.05, 3.63) is 29.8 Å². The molecule has 3 N–H and O–H groups in total. The Morgan fingerprint density at radius 1 is 1.05 bits per heavy atom. The number of hydrogen-bond donors (Lipinski definition) is 2. The van der Waals surface area contributed by atoms with Crippen molar-refractivity contribution in [3.8, 4) is 0 Å². The standard InChI is InChI=1S/C16H25N3/c17-16(14-7-9-18-10-8-14)13-3-5-15(6-4-13)19-11-1-2-12-19/h3-6,14,16,18H,1-2,7-12,17H2/t16-/m0/s1. The highest BCUT2D eigenvalue weighted by molar-refractivity contribution is 5.48. The van der Waals surface area contributed by atoms with Gasteiger partial charge < -0.3 is 16.0 Å². The van der Waals surface area contributed by atoms with Crippen molar-refractivity contribution >= 4 is 5.69 Å². The fourth-order valence-electron chi connectivity index (χ4n) is 3.36. The molecule has 2 aliphatic heterocycles. The summed E-state index contributed by atoms with van der Waals surface area (Å²) in [6, 6.07) is 9.18. The van der Waals surface area contributed by atoms with E-state index in [4.69, 9.17) is 5.73 Å². The van der Waals surface area contributed by atoms with E-state index in [1.165, 1.54) is 50.0 Å². The van der Waals surface area contributed by atoms with Crippen LogP contribution in [0.2, 0.25) is 0 Å². The van der Waals surface area contributed by atoms with Crippen LogP contribution >= 0.6 is 0 Å². The molecule has 3 nitrogen and oxygen atoms in total. The Hall–Kier alpha value is -1.06. The summed E-state index contributed by atoms with van der Waals surface area (Å²) in [5, 5.41) is 3.41. The van der Waals surface area contributed by atoms with Crippen molar-refractivity contribution in [1.82, 2.24) is 5.32 Å². The predicted octanol–water partition coefficient (Wildman–Crippen LogP) is 2.29. The number of nitrogens with one attached hydrogen (secondary N) is 1. The van der Waals surface area contributed by atoms with Crippen molar-refractivity contribution in [1.29, 1.82) is 0 Å². The maximum Gasteiger partial charge on any atom is 0.0366 e. The highest BCUT2D eigenvalue weighted by Crippen LogP contribution is 2.28.